The first-order valence-electron chi connectivity index (χ1n) is 11.5. The summed E-state index contributed by atoms with van der Waals surface area (Å²) in [6, 6.07) is 0.309. The summed E-state index contributed by atoms with van der Waals surface area (Å²) in [7, 11) is 0. The molecule has 1 aliphatic rings. The molecule has 1 aromatic rings. The van der Waals surface area contributed by atoms with Crippen LogP contribution in [-0.2, 0) is 14.4 Å². The number of nitrogens with one attached hydrogen (secondary N) is 2. The first kappa shape index (κ1) is 29.0. The second kappa shape index (κ2) is 11.6. The van der Waals surface area contributed by atoms with E-state index in [1.54, 1.807) is 0 Å². The number of benzene rings is 1. The highest BCUT2D eigenvalue weighted by Crippen LogP contribution is 2.27. The molecule has 12 heteroatoms. The fraction of sp³-hybridized carbons (Fsp3) is 0.542. The van der Waals surface area contributed by atoms with Gasteiger partial charge in [-0.25, -0.2) is 4.79 Å². The first-order chi connectivity index (χ1) is 16.7. The van der Waals surface area contributed by atoms with Gasteiger partial charge in [-0.3, -0.25) is 24.1 Å². The Morgan fingerprint density at radius 3 is 1.97 bits per heavy atom. The molecule has 0 saturated carbocycles. The lowest BCUT2D eigenvalue weighted by atomic mass is 9.93. The van der Waals surface area contributed by atoms with Crippen LogP contribution in [0.3, 0.4) is 0 Å². The first-order valence-corrected chi connectivity index (χ1v) is 11.5. The standard InChI is InChI=1S/C24H30F3N3O6/c1-12(2)17(29-20(32)14-7-9-15(10-8-14)23(35)36)22(34)30(21(33)16-6-5-11-28-16)18(13(3)4)19(31)24(25,26)27/h7-10,12-13,16-18,28H,5-6,11H2,1-4H3,(H,29,32)(H,35,36)/t16-,17-,18?/m0/s1. The lowest BCUT2D eigenvalue weighted by Gasteiger charge is -2.37. The molecule has 1 saturated heterocycles. The van der Waals surface area contributed by atoms with Crippen LogP contribution in [0.15, 0.2) is 24.3 Å². The number of alkyl halides is 3. The van der Waals surface area contributed by atoms with E-state index in [4.69, 9.17) is 5.11 Å². The van der Waals surface area contributed by atoms with E-state index < -0.39 is 65.6 Å². The number of Topliss-reactive ketones (excluding diaryl/α,β-unsaturated/α-hetero) is 1. The van der Waals surface area contributed by atoms with Gasteiger partial charge in [-0.1, -0.05) is 27.7 Å². The van der Waals surface area contributed by atoms with Crippen molar-refractivity contribution in [1.29, 1.82) is 0 Å². The van der Waals surface area contributed by atoms with Gasteiger partial charge < -0.3 is 15.7 Å². The Morgan fingerprint density at radius 1 is 1.00 bits per heavy atom. The second-order valence-electron chi connectivity index (χ2n) is 9.32. The molecule has 0 radical (unpaired) electrons. The van der Waals surface area contributed by atoms with Gasteiger partial charge in [-0.15, -0.1) is 0 Å². The summed E-state index contributed by atoms with van der Waals surface area (Å²) in [4.78, 5) is 63.5. The third-order valence-electron chi connectivity index (χ3n) is 5.90. The molecule has 9 nitrogen and oxygen atoms in total. The molecule has 3 N–H and O–H groups in total. The number of rotatable bonds is 9. The summed E-state index contributed by atoms with van der Waals surface area (Å²) < 4.78 is 40.4. The molecule has 1 fully saturated rings. The van der Waals surface area contributed by atoms with E-state index in [0.29, 0.717) is 17.9 Å². The normalized spacial score (nSPS) is 17.5. The van der Waals surface area contributed by atoms with Gasteiger partial charge in [0.15, 0.2) is 0 Å². The number of nitrogens with zero attached hydrogens (tertiary/aromatic N) is 1. The summed E-state index contributed by atoms with van der Waals surface area (Å²) in [6.07, 6.45) is -4.45. The van der Waals surface area contributed by atoms with Crippen molar-refractivity contribution < 1.29 is 42.3 Å². The van der Waals surface area contributed by atoms with Crippen molar-refractivity contribution >= 4 is 29.5 Å². The van der Waals surface area contributed by atoms with Crippen molar-refractivity contribution in [1.82, 2.24) is 15.5 Å². The zero-order chi connectivity index (χ0) is 27.4. The number of aromatic carboxylic acids is 1. The Labute approximate surface area is 206 Å². The Kier molecular flexibility index (Phi) is 9.36. The number of hydrogen-bond donors (Lipinski definition) is 3. The molecule has 2 rings (SSSR count). The number of hydrogen-bond acceptors (Lipinski definition) is 6. The minimum absolute atomic E-state index is 0.000522. The van der Waals surface area contributed by atoms with E-state index in [2.05, 4.69) is 10.6 Å². The van der Waals surface area contributed by atoms with Crippen LogP contribution in [0.4, 0.5) is 13.2 Å². The molecule has 3 amide bonds. The Balaban J connectivity index is 2.46. The van der Waals surface area contributed by atoms with Gasteiger partial charge in [0.2, 0.25) is 5.91 Å². The lowest BCUT2D eigenvalue weighted by Crippen LogP contribution is -2.63. The number of carbonyl (C=O) groups is 5. The Hall–Kier alpha value is -3.28. The van der Waals surface area contributed by atoms with Crippen LogP contribution in [0.1, 0.15) is 61.3 Å². The molecule has 0 aliphatic carbocycles. The summed E-state index contributed by atoms with van der Waals surface area (Å²) in [5, 5.41) is 14.3. The number of carboxylic acids is 1. The number of carboxylic acid groups (broad SMARTS) is 1. The summed E-state index contributed by atoms with van der Waals surface area (Å²) in [5.41, 5.74) is -0.0742. The Morgan fingerprint density at radius 2 is 1.56 bits per heavy atom. The third kappa shape index (κ3) is 6.68. The molecular weight excluding hydrogens is 483 g/mol. The van der Waals surface area contributed by atoms with Crippen LogP contribution in [0.5, 0.6) is 0 Å². The van der Waals surface area contributed by atoms with Crippen molar-refractivity contribution in [2.24, 2.45) is 11.8 Å². The molecule has 1 aliphatic heterocycles. The average molecular weight is 514 g/mol. The monoisotopic (exact) mass is 513 g/mol. The van der Waals surface area contributed by atoms with Crippen LogP contribution in [0, 0.1) is 11.8 Å². The molecule has 1 aromatic carbocycles. The molecule has 0 spiro atoms. The maximum Gasteiger partial charge on any atom is 0.452 e. The van der Waals surface area contributed by atoms with Gasteiger partial charge >= 0.3 is 12.1 Å². The van der Waals surface area contributed by atoms with E-state index in [-0.39, 0.29) is 17.5 Å². The zero-order valence-electron chi connectivity index (χ0n) is 20.4. The number of halogens is 3. The molecule has 36 heavy (non-hydrogen) atoms. The van der Waals surface area contributed by atoms with Gasteiger partial charge in [0, 0.05) is 5.56 Å². The van der Waals surface area contributed by atoms with E-state index >= 15 is 0 Å². The molecule has 3 atom stereocenters. The SMILES string of the molecule is CC(C)C(C(=O)C(F)(F)F)N(C(=O)[C@@H]1CCCN1)C(=O)[C@@H](NC(=O)c1ccc(C(=O)O)cc1)C(C)C. The number of ketones is 1. The lowest BCUT2D eigenvalue weighted by molar-refractivity contribution is -0.182. The fourth-order valence-electron chi connectivity index (χ4n) is 3.98. The topological polar surface area (TPSA) is 133 Å². The maximum absolute atomic E-state index is 13.6. The molecule has 1 unspecified atom stereocenters. The molecule has 0 aromatic heterocycles. The third-order valence-corrected chi connectivity index (χ3v) is 5.90. The largest absolute Gasteiger partial charge is 0.478 e. The maximum atomic E-state index is 13.6. The fourth-order valence-corrected chi connectivity index (χ4v) is 3.98. The van der Waals surface area contributed by atoms with Gasteiger partial charge in [0.1, 0.15) is 12.1 Å². The van der Waals surface area contributed by atoms with Gasteiger partial charge in [-0.2, -0.15) is 13.2 Å². The Bertz CT molecular complexity index is 1000. The van der Waals surface area contributed by atoms with E-state index in [0.717, 1.165) is 0 Å². The predicted molar refractivity (Wildman–Crippen MR) is 122 cm³/mol. The van der Waals surface area contributed by atoms with Crippen molar-refractivity contribution in [3.63, 3.8) is 0 Å². The molecular formula is C24H30F3N3O6. The van der Waals surface area contributed by atoms with Crippen LogP contribution < -0.4 is 10.6 Å². The number of carbonyl (C=O) groups excluding carboxylic acids is 4. The highest BCUT2D eigenvalue weighted by Gasteiger charge is 2.51. The van der Waals surface area contributed by atoms with Gasteiger partial charge in [0.25, 0.3) is 17.6 Å². The van der Waals surface area contributed by atoms with Crippen molar-refractivity contribution in [2.45, 2.75) is 64.8 Å². The van der Waals surface area contributed by atoms with Crippen LogP contribution in [-0.4, -0.2) is 70.3 Å². The van der Waals surface area contributed by atoms with Crippen LogP contribution >= 0.6 is 0 Å². The quantitative estimate of drug-likeness (QED) is 0.462. The van der Waals surface area contributed by atoms with Crippen molar-refractivity contribution in [3.8, 4) is 0 Å². The van der Waals surface area contributed by atoms with Crippen molar-refractivity contribution in [2.75, 3.05) is 6.54 Å². The highest BCUT2D eigenvalue weighted by atomic mass is 19.4. The number of amides is 3. The van der Waals surface area contributed by atoms with E-state index in [9.17, 15) is 37.1 Å². The average Bonchev–Trinajstić information content (AvgIpc) is 3.33. The summed E-state index contributed by atoms with van der Waals surface area (Å²) >= 11 is 0. The number of imide groups is 1. The molecule has 198 valence electrons. The van der Waals surface area contributed by atoms with E-state index in [1.165, 1.54) is 52.0 Å². The van der Waals surface area contributed by atoms with Gasteiger partial charge in [0.05, 0.1) is 11.6 Å². The second-order valence-corrected chi connectivity index (χ2v) is 9.32. The zero-order valence-corrected chi connectivity index (χ0v) is 20.4. The van der Waals surface area contributed by atoms with Crippen molar-refractivity contribution in [3.05, 3.63) is 35.4 Å². The minimum Gasteiger partial charge on any atom is -0.478 e. The summed E-state index contributed by atoms with van der Waals surface area (Å²) in [6.45, 7) is 6.09. The van der Waals surface area contributed by atoms with Crippen LogP contribution in [0.25, 0.3) is 0 Å². The molecule has 0 bridgehead atoms. The highest BCUT2D eigenvalue weighted by molar-refractivity contribution is 6.07. The van der Waals surface area contributed by atoms with Gasteiger partial charge in [-0.05, 0) is 55.5 Å². The molecule has 1 heterocycles. The van der Waals surface area contributed by atoms with Crippen LogP contribution in [0.2, 0.25) is 0 Å². The minimum atomic E-state index is -5.29. The smallest absolute Gasteiger partial charge is 0.452 e. The van der Waals surface area contributed by atoms with E-state index in [1.807, 2.05) is 0 Å². The summed E-state index contributed by atoms with van der Waals surface area (Å²) in [5.74, 6) is -8.04. The predicted octanol–water partition coefficient (Wildman–Crippen LogP) is 2.40.